The molecule has 0 bridgehead atoms. The summed E-state index contributed by atoms with van der Waals surface area (Å²) in [6.07, 6.45) is 5.23. The van der Waals surface area contributed by atoms with Crippen LogP contribution in [0.25, 0.3) is 0 Å². The molecule has 0 saturated carbocycles. The lowest BCUT2D eigenvalue weighted by atomic mass is 10.2. The minimum Gasteiger partial charge on any atom is -0.376 e. The first-order chi connectivity index (χ1) is 11.2. The van der Waals surface area contributed by atoms with Crippen molar-refractivity contribution >= 4 is 17.5 Å². The average Bonchev–Trinajstić information content (AvgIpc) is 3.07. The number of nitrogens with one attached hydrogen (secondary N) is 2. The van der Waals surface area contributed by atoms with Gasteiger partial charge in [-0.15, -0.1) is 0 Å². The molecule has 0 radical (unpaired) electrons. The average molecular weight is 312 g/mol. The summed E-state index contributed by atoms with van der Waals surface area (Å²) in [4.78, 5) is 20.4. The van der Waals surface area contributed by atoms with Crippen molar-refractivity contribution in [3.05, 3.63) is 47.8 Å². The SMILES string of the molecule is Cc1cccc(Nc2ncc(C(=O)NCC3CCCO3)cn2)c1. The van der Waals surface area contributed by atoms with Crippen molar-refractivity contribution in [2.75, 3.05) is 18.5 Å². The van der Waals surface area contributed by atoms with Gasteiger partial charge in [0, 0.05) is 31.2 Å². The van der Waals surface area contributed by atoms with E-state index < -0.39 is 0 Å². The van der Waals surface area contributed by atoms with Crippen LogP contribution in [0.5, 0.6) is 0 Å². The Morgan fingerprint density at radius 2 is 2.17 bits per heavy atom. The molecule has 1 fully saturated rings. The van der Waals surface area contributed by atoms with E-state index in [1.54, 1.807) is 0 Å². The molecule has 1 aromatic carbocycles. The lowest BCUT2D eigenvalue weighted by Gasteiger charge is -2.10. The number of nitrogens with zero attached hydrogens (tertiary/aromatic N) is 2. The highest BCUT2D eigenvalue weighted by Crippen LogP contribution is 2.14. The molecule has 1 aliphatic heterocycles. The summed E-state index contributed by atoms with van der Waals surface area (Å²) in [5.74, 6) is 0.286. The van der Waals surface area contributed by atoms with E-state index in [1.165, 1.54) is 12.4 Å². The smallest absolute Gasteiger partial charge is 0.254 e. The van der Waals surface area contributed by atoms with Crippen molar-refractivity contribution in [3.63, 3.8) is 0 Å². The molecule has 0 aliphatic carbocycles. The van der Waals surface area contributed by atoms with Gasteiger partial charge in [-0.3, -0.25) is 4.79 Å². The van der Waals surface area contributed by atoms with Crippen LogP contribution in [0.15, 0.2) is 36.7 Å². The molecule has 1 saturated heterocycles. The Balaban J connectivity index is 1.56. The highest BCUT2D eigenvalue weighted by molar-refractivity contribution is 5.93. The Bertz CT molecular complexity index is 667. The number of hydrogen-bond donors (Lipinski definition) is 2. The number of anilines is 2. The van der Waals surface area contributed by atoms with E-state index >= 15 is 0 Å². The van der Waals surface area contributed by atoms with E-state index in [1.807, 2.05) is 31.2 Å². The molecule has 23 heavy (non-hydrogen) atoms. The first-order valence-electron chi connectivity index (χ1n) is 7.76. The number of hydrogen-bond acceptors (Lipinski definition) is 5. The zero-order valence-electron chi connectivity index (χ0n) is 13.1. The highest BCUT2D eigenvalue weighted by atomic mass is 16.5. The van der Waals surface area contributed by atoms with Crippen LogP contribution < -0.4 is 10.6 Å². The Morgan fingerprint density at radius 1 is 1.35 bits per heavy atom. The minimum absolute atomic E-state index is 0.127. The van der Waals surface area contributed by atoms with Crippen LogP contribution in [-0.4, -0.2) is 35.1 Å². The molecular formula is C17H20N4O2. The number of rotatable bonds is 5. The minimum atomic E-state index is -0.178. The van der Waals surface area contributed by atoms with E-state index in [9.17, 15) is 4.79 Å². The summed E-state index contributed by atoms with van der Waals surface area (Å²) in [6, 6.07) is 7.93. The van der Waals surface area contributed by atoms with E-state index in [-0.39, 0.29) is 12.0 Å². The molecule has 1 amide bonds. The normalized spacial score (nSPS) is 17.0. The van der Waals surface area contributed by atoms with E-state index in [0.29, 0.717) is 18.1 Å². The monoisotopic (exact) mass is 312 g/mol. The van der Waals surface area contributed by atoms with Crippen LogP contribution >= 0.6 is 0 Å². The molecule has 1 aromatic heterocycles. The van der Waals surface area contributed by atoms with Gasteiger partial charge in [0.15, 0.2) is 0 Å². The predicted octanol–water partition coefficient (Wildman–Crippen LogP) is 2.44. The number of aryl methyl sites for hydroxylation is 1. The molecule has 120 valence electrons. The fourth-order valence-corrected chi connectivity index (χ4v) is 2.48. The summed E-state index contributed by atoms with van der Waals surface area (Å²) in [5.41, 5.74) is 2.51. The van der Waals surface area contributed by atoms with Gasteiger partial charge in [-0.2, -0.15) is 0 Å². The first-order valence-corrected chi connectivity index (χ1v) is 7.76. The van der Waals surface area contributed by atoms with Gasteiger partial charge < -0.3 is 15.4 Å². The summed E-state index contributed by atoms with van der Waals surface area (Å²) in [6.45, 7) is 3.33. The van der Waals surface area contributed by atoms with E-state index in [2.05, 4.69) is 20.6 Å². The third-order valence-corrected chi connectivity index (χ3v) is 3.70. The molecule has 2 N–H and O–H groups in total. The number of carbonyl (C=O) groups excluding carboxylic acids is 1. The topological polar surface area (TPSA) is 76.1 Å². The standard InChI is InChI=1S/C17H20N4O2/c1-12-4-2-5-14(8-12)21-17-19-9-13(10-20-17)16(22)18-11-15-6-3-7-23-15/h2,4-5,8-10,15H,3,6-7,11H2,1H3,(H,18,22)(H,19,20,21). The van der Waals surface area contributed by atoms with E-state index in [0.717, 1.165) is 30.7 Å². The number of ether oxygens (including phenoxy) is 1. The fraction of sp³-hybridized carbons (Fsp3) is 0.353. The molecule has 1 aliphatic rings. The second-order valence-electron chi connectivity index (χ2n) is 5.63. The summed E-state index contributed by atoms with van der Waals surface area (Å²) >= 11 is 0. The second kappa shape index (κ2) is 7.19. The molecule has 2 heterocycles. The van der Waals surface area contributed by atoms with Gasteiger partial charge in [0.2, 0.25) is 5.95 Å². The summed E-state index contributed by atoms with van der Waals surface area (Å²) < 4.78 is 5.48. The first kappa shape index (κ1) is 15.4. The third-order valence-electron chi connectivity index (χ3n) is 3.70. The molecule has 1 unspecified atom stereocenters. The third kappa shape index (κ3) is 4.26. The van der Waals surface area contributed by atoms with Gasteiger partial charge >= 0.3 is 0 Å². The Labute approximate surface area is 135 Å². The second-order valence-corrected chi connectivity index (χ2v) is 5.63. The van der Waals surface area contributed by atoms with Crippen LogP contribution in [0.2, 0.25) is 0 Å². The van der Waals surface area contributed by atoms with Crippen molar-refractivity contribution in [3.8, 4) is 0 Å². The lowest BCUT2D eigenvalue weighted by Crippen LogP contribution is -2.31. The zero-order valence-corrected chi connectivity index (χ0v) is 13.1. The molecule has 1 atom stereocenters. The van der Waals surface area contributed by atoms with Crippen LogP contribution in [0.3, 0.4) is 0 Å². The van der Waals surface area contributed by atoms with Gasteiger partial charge in [0.25, 0.3) is 5.91 Å². The Hall–Kier alpha value is -2.47. The summed E-state index contributed by atoms with van der Waals surface area (Å²) in [5, 5.41) is 5.97. The van der Waals surface area contributed by atoms with Crippen LogP contribution in [0.4, 0.5) is 11.6 Å². The molecular weight excluding hydrogens is 292 g/mol. The maximum atomic E-state index is 12.0. The number of benzene rings is 1. The molecule has 6 heteroatoms. The van der Waals surface area contributed by atoms with Crippen molar-refractivity contribution in [1.29, 1.82) is 0 Å². The highest BCUT2D eigenvalue weighted by Gasteiger charge is 2.16. The van der Waals surface area contributed by atoms with E-state index in [4.69, 9.17) is 4.74 Å². The predicted molar refractivity (Wildman–Crippen MR) is 87.8 cm³/mol. The molecule has 3 rings (SSSR count). The molecule has 0 spiro atoms. The van der Waals surface area contributed by atoms with Crippen LogP contribution in [0, 0.1) is 6.92 Å². The number of aromatic nitrogens is 2. The maximum absolute atomic E-state index is 12.0. The maximum Gasteiger partial charge on any atom is 0.254 e. The van der Waals surface area contributed by atoms with Crippen LogP contribution in [-0.2, 0) is 4.74 Å². The molecule has 2 aromatic rings. The number of amides is 1. The quantitative estimate of drug-likeness (QED) is 0.887. The van der Waals surface area contributed by atoms with Crippen molar-refractivity contribution < 1.29 is 9.53 Å². The lowest BCUT2D eigenvalue weighted by molar-refractivity contribution is 0.0857. The fourth-order valence-electron chi connectivity index (χ4n) is 2.48. The van der Waals surface area contributed by atoms with Gasteiger partial charge in [0.1, 0.15) is 0 Å². The van der Waals surface area contributed by atoms with Gasteiger partial charge in [-0.1, -0.05) is 12.1 Å². The zero-order chi connectivity index (χ0) is 16.1. The van der Waals surface area contributed by atoms with Crippen molar-refractivity contribution in [1.82, 2.24) is 15.3 Å². The van der Waals surface area contributed by atoms with Crippen molar-refractivity contribution in [2.24, 2.45) is 0 Å². The summed E-state index contributed by atoms with van der Waals surface area (Å²) in [7, 11) is 0. The van der Waals surface area contributed by atoms with Crippen molar-refractivity contribution in [2.45, 2.75) is 25.9 Å². The Morgan fingerprint density at radius 3 is 2.87 bits per heavy atom. The van der Waals surface area contributed by atoms with Gasteiger partial charge in [-0.25, -0.2) is 9.97 Å². The largest absolute Gasteiger partial charge is 0.376 e. The molecule has 6 nitrogen and oxygen atoms in total. The van der Waals surface area contributed by atoms with Gasteiger partial charge in [0.05, 0.1) is 11.7 Å². The number of carbonyl (C=O) groups is 1. The van der Waals surface area contributed by atoms with Gasteiger partial charge in [-0.05, 0) is 37.5 Å². The Kier molecular flexibility index (Phi) is 4.83. The van der Waals surface area contributed by atoms with Crippen LogP contribution in [0.1, 0.15) is 28.8 Å².